The molecule has 0 atom stereocenters. The highest BCUT2D eigenvalue weighted by Gasteiger charge is 2.17. The highest BCUT2D eigenvalue weighted by Crippen LogP contribution is 2.34. The molecule has 0 saturated carbocycles. The van der Waals surface area contributed by atoms with Gasteiger partial charge in [-0.1, -0.05) is 0 Å². The summed E-state index contributed by atoms with van der Waals surface area (Å²) in [4.78, 5) is 14.1. The lowest BCUT2D eigenvalue weighted by molar-refractivity contribution is -0.105. The Kier molecular flexibility index (Phi) is 3.84. The standard InChI is InChI=1S/C16H22N4O/c1-10-11(2)19-16-14(18-9-21)4-3-13(15(10)16)20-12-5-7-17-8-6-12/h3-4,9,12,17,19-20H,5-8H2,1-2H3,(H,18,21). The van der Waals surface area contributed by atoms with Crippen LogP contribution in [0.15, 0.2) is 12.1 Å². The molecule has 5 heteroatoms. The van der Waals surface area contributed by atoms with Gasteiger partial charge in [-0.2, -0.15) is 0 Å². The molecule has 1 aromatic heterocycles. The topological polar surface area (TPSA) is 69.0 Å². The minimum Gasteiger partial charge on any atom is -0.382 e. The number of aromatic amines is 1. The molecule has 5 nitrogen and oxygen atoms in total. The molecule has 3 rings (SSSR count). The van der Waals surface area contributed by atoms with Crippen LogP contribution in [0.2, 0.25) is 0 Å². The average Bonchev–Trinajstić information content (AvgIpc) is 2.79. The third-order valence-electron chi connectivity index (χ3n) is 4.37. The zero-order chi connectivity index (χ0) is 14.8. The fraction of sp³-hybridized carbons (Fsp3) is 0.438. The maximum atomic E-state index is 10.8. The third-order valence-corrected chi connectivity index (χ3v) is 4.37. The van der Waals surface area contributed by atoms with Crippen LogP contribution < -0.4 is 16.0 Å². The molecule has 21 heavy (non-hydrogen) atoms. The number of anilines is 2. The van der Waals surface area contributed by atoms with E-state index in [0.29, 0.717) is 6.04 Å². The number of amides is 1. The van der Waals surface area contributed by atoms with E-state index in [1.807, 2.05) is 6.07 Å². The van der Waals surface area contributed by atoms with Crippen LogP contribution in [0.3, 0.4) is 0 Å². The van der Waals surface area contributed by atoms with E-state index in [1.54, 1.807) is 0 Å². The quantitative estimate of drug-likeness (QED) is 0.653. The second-order valence-corrected chi connectivity index (χ2v) is 5.72. The van der Waals surface area contributed by atoms with Crippen molar-refractivity contribution in [2.75, 3.05) is 23.7 Å². The van der Waals surface area contributed by atoms with E-state index < -0.39 is 0 Å². The average molecular weight is 286 g/mol. The predicted molar refractivity (Wildman–Crippen MR) is 87.0 cm³/mol. The van der Waals surface area contributed by atoms with E-state index in [0.717, 1.165) is 54.9 Å². The minimum atomic E-state index is 0.508. The first-order valence-electron chi connectivity index (χ1n) is 7.50. The van der Waals surface area contributed by atoms with Crippen molar-refractivity contribution in [3.63, 3.8) is 0 Å². The first-order valence-corrected chi connectivity index (χ1v) is 7.50. The van der Waals surface area contributed by atoms with Crippen LogP contribution in [0.4, 0.5) is 11.4 Å². The maximum absolute atomic E-state index is 10.8. The number of aryl methyl sites for hydroxylation is 2. The zero-order valence-corrected chi connectivity index (χ0v) is 12.5. The lowest BCUT2D eigenvalue weighted by Gasteiger charge is -2.25. The van der Waals surface area contributed by atoms with E-state index in [2.05, 4.69) is 40.8 Å². The van der Waals surface area contributed by atoms with Crippen molar-refractivity contribution in [3.8, 4) is 0 Å². The van der Waals surface area contributed by atoms with Gasteiger partial charge in [-0.3, -0.25) is 4.79 Å². The van der Waals surface area contributed by atoms with Gasteiger partial charge in [0.1, 0.15) is 0 Å². The Morgan fingerprint density at radius 1 is 1.19 bits per heavy atom. The van der Waals surface area contributed by atoms with E-state index in [9.17, 15) is 4.79 Å². The number of hydrogen-bond donors (Lipinski definition) is 4. The van der Waals surface area contributed by atoms with Crippen LogP contribution >= 0.6 is 0 Å². The van der Waals surface area contributed by atoms with Gasteiger partial charge in [0.25, 0.3) is 0 Å². The molecular formula is C16H22N4O. The van der Waals surface area contributed by atoms with Gasteiger partial charge in [-0.15, -0.1) is 0 Å². The summed E-state index contributed by atoms with van der Waals surface area (Å²) in [6.45, 7) is 6.31. The monoisotopic (exact) mass is 286 g/mol. The van der Waals surface area contributed by atoms with Crippen molar-refractivity contribution >= 4 is 28.7 Å². The number of piperidine rings is 1. The summed E-state index contributed by atoms with van der Waals surface area (Å²) in [7, 11) is 0. The number of fused-ring (bicyclic) bond motifs is 1. The molecule has 1 amide bonds. The van der Waals surface area contributed by atoms with Gasteiger partial charge in [0.05, 0.1) is 11.2 Å². The number of H-pyrrole nitrogens is 1. The highest BCUT2D eigenvalue weighted by molar-refractivity contribution is 6.04. The van der Waals surface area contributed by atoms with E-state index in [4.69, 9.17) is 0 Å². The van der Waals surface area contributed by atoms with Gasteiger partial charge in [0.2, 0.25) is 6.41 Å². The lowest BCUT2D eigenvalue weighted by Crippen LogP contribution is -2.35. The molecule has 1 aromatic carbocycles. The Hall–Kier alpha value is -2.01. The van der Waals surface area contributed by atoms with Gasteiger partial charge in [0, 0.05) is 22.8 Å². The van der Waals surface area contributed by atoms with Crippen LogP contribution in [0.5, 0.6) is 0 Å². The van der Waals surface area contributed by atoms with Gasteiger partial charge >= 0.3 is 0 Å². The van der Waals surface area contributed by atoms with E-state index in [-0.39, 0.29) is 0 Å². The van der Waals surface area contributed by atoms with Crippen LogP contribution in [-0.2, 0) is 4.79 Å². The number of carbonyl (C=O) groups is 1. The molecule has 2 aromatic rings. The number of aromatic nitrogens is 1. The molecule has 0 radical (unpaired) electrons. The summed E-state index contributed by atoms with van der Waals surface area (Å²) < 4.78 is 0. The minimum absolute atomic E-state index is 0.508. The van der Waals surface area contributed by atoms with Crippen LogP contribution in [0, 0.1) is 13.8 Å². The Bertz CT molecular complexity index is 656. The van der Waals surface area contributed by atoms with Crippen molar-refractivity contribution < 1.29 is 4.79 Å². The number of nitrogens with one attached hydrogen (secondary N) is 4. The zero-order valence-electron chi connectivity index (χ0n) is 12.5. The molecule has 1 aliphatic heterocycles. The van der Waals surface area contributed by atoms with Gasteiger partial charge < -0.3 is 20.9 Å². The number of benzene rings is 1. The van der Waals surface area contributed by atoms with Crippen molar-refractivity contribution in [1.82, 2.24) is 10.3 Å². The molecule has 0 bridgehead atoms. The summed E-state index contributed by atoms with van der Waals surface area (Å²) in [5.41, 5.74) is 5.34. The molecular weight excluding hydrogens is 264 g/mol. The molecule has 0 spiro atoms. The molecule has 1 aliphatic rings. The summed E-state index contributed by atoms with van der Waals surface area (Å²) in [5, 5.41) is 11.0. The van der Waals surface area contributed by atoms with Crippen LogP contribution in [-0.4, -0.2) is 30.5 Å². The third kappa shape index (κ3) is 2.61. The molecule has 0 aliphatic carbocycles. The van der Waals surface area contributed by atoms with Crippen molar-refractivity contribution in [3.05, 3.63) is 23.4 Å². The Balaban J connectivity index is 2.01. The number of carbonyl (C=O) groups excluding carboxylic acids is 1. The second-order valence-electron chi connectivity index (χ2n) is 5.72. The SMILES string of the molecule is Cc1[nH]c2c(NC=O)ccc(NC3CCNCC3)c2c1C. The van der Waals surface area contributed by atoms with Crippen molar-refractivity contribution in [2.24, 2.45) is 0 Å². The van der Waals surface area contributed by atoms with Crippen molar-refractivity contribution in [2.45, 2.75) is 32.7 Å². The molecule has 0 unspecified atom stereocenters. The highest BCUT2D eigenvalue weighted by atomic mass is 16.1. The van der Waals surface area contributed by atoms with Crippen LogP contribution in [0.25, 0.3) is 10.9 Å². The summed E-state index contributed by atoms with van der Waals surface area (Å²) in [6.07, 6.45) is 3.00. The molecule has 1 saturated heterocycles. The smallest absolute Gasteiger partial charge is 0.211 e. The molecule has 4 N–H and O–H groups in total. The predicted octanol–water partition coefficient (Wildman–Crippen LogP) is 2.52. The number of hydrogen-bond acceptors (Lipinski definition) is 3. The Labute approximate surface area is 124 Å². The van der Waals surface area contributed by atoms with Crippen molar-refractivity contribution in [1.29, 1.82) is 0 Å². The largest absolute Gasteiger partial charge is 0.382 e. The maximum Gasteiger partial charge on any atom is 0.211 e. The molecule has 1 fully saturated rings. The fourth-order valence-electron chi connectivity index (χ4n) is 3.08. The Morgan fingerprint density at radius 3 is 2.62 bits per heavy atom. The molecule has 112 valence electrons. The van der Waals surface area contributed by atoms with E-state index in [1.165, 1.54) is 10.9 Å². The normalized spacial score (nSPS) is 16.1. The van der Waals surface area contributed by atoms with E-state index >= 15 is 0 Å². The Morgan fingerprint density at radius 2 is 1.90 bits per heavy atom. The fourth-order valence-corrected chi connectivity index (χ4v) is 3.08. The number of rotatable bonds is 4. The molecule has 2 heterocycles. The second kappa shape index (κ2) is 5.77. The first-order chi connectivity index (χ1) is 10.2. The summed E-state index contributed by atoms with van der Waals surface area (Å²) >= 11 is 0. The van der Waals surface area contributed by atoms with Gasteiger partial charge in [-0.05, 0) is 57.5 Å². The first kappa shape index (κ1) is 13.9. The lowest BCUT2D eigenvalue weighted by atomic mass is 10.0. The summed E-state index contributed by atoms with van der Waals surface area (Å²) in [5.74, 6) is 0. The summed E-state index contributed by atoms with van der Waals surface area (Å²) in [6, 6.07) is 4.53. The van der Waals surface area contributed by atoms with Gasteiger partial charge in [0.15, 0.2) is 0 Å². The van der Waals surface area contributed by atoms with Gasteiger partial charge in [-0.25, -0.2) is 0 Å². The van der Waals surface area contributed by atoms with Crippen LogP contribution in [0.1, 0.15) is 24.1 Å².